The van der Waals surface area contributed by atoms with Gasteiger partial charge in [-0.25, -0.2) is 0 Å². The summed E-state index contributed by atoms with van der Waals surface area (Å²) in [7, 11) is 0. The average molecular weight is 253 g/mol. The molecule has 0 aromatic rings. The predicted molar refractivity (Wildman–Crippen MR) is 11.6 cm³/mol. The summed E-state index contributed by atoms with van der Waals surface area (Å²) in [5, 5.41) is 0. The van der Waals surface area contributed by atoms with E-state index in [2.05, 4.69) is 0 Å². The van der Waals surface area contributed by atoms with E-state index in [1.807, 2.05) is 0 Å². The van der Waals surface area contributed by atoms with Crippen LogP contribution in [0.15, 0.2) is 0 Å². The van der Waals surface area contributed by atoms with Crippen molar-refractivity contribution in [1.29, 1.82) is 0 Å². The minimum Gasteiger partial charge on any atom is 0 e. The van der Waals surface area contributed by atoms with Gasteiger partial charge in [0.15, 0.2) is 0 Å². The van der Waals surface area contributed by atoms with E-state index in [9.17, 15) is 0 Å². The normalized spacial score (nSPS) is 9.67. The van der Waals surface area contributed by atoms with Crippen LogP contribution in [0.5, 0.6) is 0 Å². The van der Waals surface area contributed by atoms with Gasteiger partial charge in [-0.1, -0.05) is 0 Å². The molecule has 0 fully saturated rings. The van der Waals surface area contributed by atoms with Crippen LogP contribution in [0.1, 0.15) is 0 Å². The molecule has 0 aliphatic heterocycles. The van der Waals surface area contributed by atoms with Gasteiger partial charge in [0.25, 0.3) is 0 Å². The maximum Gasteiger partial charge on any atom is 0 e. The summed E-state index contributed by atoms with van der Waals surface area (Å²) in [6.45, 7) is 0. The summed E-state index contributed by atoms with van der Waals surface area (Å²) in [4.78, 5) is 0. The summed E-state index contributed by atoms with van der Waals surface area (Å²) in [5.74, 6) is 0. The van der Waals surface area contributed by atoms with E-state index in [4.69, 9.17) is 13.2 Å². The third-order valence-electron chi connectivity index (χ3n) is 0. The van der Waals surface area contributed by atoms with Crippen molar-refractivity contribution in [1.82, 2.24) is 0 Å². The van der Waals surface area contributed by atoms with Gasteiger partial charge in [0.2, 0.25) is 0 Å². The van der Waals surface area contributed by atoms with Crippen LogP contribution in [-0.4, -0.2) is 25.9 Å². The van der Waals surface area contributed by atoms with Gasteiger partial charge >= 0.3 is 32.1 Å². The summed E-state index contributed by atoms with van der Waals surface area (Å²) in [5.41, 5.74) is 0. The van der Waals surface area contributed by atoms with E-state index in [0.717, 1.165) is 0 Å². The van der Waals surface area contributed by atoms with Crippen molar-refractivity contribution in [3.05, 3.63) is 0 Å². The van der Waals surface area contributed by atoms with Gasteiger partial charge in [0.1, 0.15) is 0 Å². The Morgan fingerprint density at radius 1 is 1.17 bits per heavy atom. The van der Waals surface area contributed by atoms with Crippen LogP contribution in [0, 0.1) is 0 Å². The Morgan fingerprint density at radius 2 is 1.17 bits per heavy atom. The van der Waals surface area contributed by atoms with Crippen LogP contribution in [0.4, 0.5) is 0 Å². The third-order valence-corrected chi connectivity index (χ3v) is 0. The van der Waals surface area contributed by atoms with Gasteiger partial charge in [0.05, 0.1) is 0 Å². The van der Waals surface area contributed by atoms with Gasteiger partial charge in [-0.05, 0) is 0 Å². The number of hydrogen-bond donors (Lipinski definition) is 2. The zero-order valence-corrected chi connectivity index (χ0v) is 5.82. The molecule has 4 nitrogen and oxygen atoms in total. The molecule has 0 aliphatic rings. The Balaban J connectivity index is 0. The summed E-state index contributed by atoms with van der Waals surface area (Å²) in [6.07, 6.45) is 0. The zero-order chi connectivity index (χ0) is 4.50. The van der Waals surface area contributed by atoms with E-state index in [1.54, 1.807) is 0 Å². The molecule has 0 aliphatic carbocycles. The second-order valence-electron chi connectivity index (χ2n) is 0.448. The predicted octanol–water partition coefficient (Wildman–Crippen LogP) is -1.73. The summed E-state index contributed by atoms with van der Waals surface area (Å²) >= 11 is -5.52. The van der Waals surface area contributed by atoms with E-state index in [0.29, 0.717) is 0 Å². The monoisotopic (exact) mass is 255 g/mol. The van der Waals surface area contributed by atoms with Crippen LogP contribution < -0.4 is 0 Å². The molecule has 0 bridgehead atoms. The molecule has 0 rings (SSSR count). The Kier molecular flexibility index (Phi) is 4.81. The Bertz CT molecular complexity index is 90.7. The first-order chi connectivity index (χ1) is 2.00. The maximum atomic E-state index is 8.85. The van der Waals surface area contributed by atoms with E-state index in [-0.39, 0.29) is 16.8 Å². The molecule has 6 heteroatoms. The van der Waals surface area contributed by atoms with E-state index < -0.39 is 19.0 Å². The molecule has 0 heterocycles. The second-order valence-corrected chi connectivity index (χ2v) is 3.00. The zero-order valence-electron chi connectivity index (χ0n) is 2.45. The fraction of sp³-hybridized carbons (Fsp3) is 0. The first kappa shape index (κ1) is 9.94. The van der Waals surface area contributed by atoms with Crippen LogP contribution in [0.2, 0.25) is 0 Å². The molecule has 1 radical (unpaired) electrons. The van der Waals surface area contributed by atoms with Crippen molar-refractivity contribution in [2.45, 2.75) is 0 Å². The first-order valence-electron chi connectivity index (χ1n) is 0.698. The fourth-order valence-electron chi connectivity index (χ4n) is 0. The second kappa shape index (κ2) is 2.90. The van der Waals surface area contributed by atoms with Crippen molar-refractivity contribution in [3.8, 4) is 0 Å². The summed E-state index contributed by atoms with van der Waals surface area (Å²) in [6, 6.07) is 0. The van der Waals surface area contributed by atoms with Crippen LogP contribution in [0.25, 0.3) is 0 Å². The van der Waals surface area contributed by atoms with E-state index in [1.165, 1.54) is 0 Å². The number of rotatable bonds is 0. The molecule has 0 aromatic heterocycles. The molecule has 0 aromatic carbocycles. The van der Waals surface area contributed by atoms with Gasteiger partial charge in [-0.3, -0.25) is 0 Å². The van der Waals surface area contributed by atoms with Crippen LogP contribution in [0.3, 0.4) is 0 Å². The molecular formula is H2CoO4Te. The molecule has 0 atom stereocenters. The number of hydrogen-bond acceptors (Lipinski definition) is 2. The largest absolute Gasteiger partial charge is 0 e. The Labute approximate surface area is 49.0 Å². The standard InChI is InChI=1S/Co.H2O4Te/c;1-5(2,3)4/h;(H2,1,2,3,4). The van der Waals surface area contributed by atoms with Crippen LogP contribution in [-0.2, 0) is 23.0 Å². The molecule has 0 amide bonds. The molecule has 0 spiro atoms. The smallest absolute Gasteiger partial charge is 0 e. The molecule has 41 valence electrons. The van der Waals surface area contributed by atoms with Gasteiger partial charge in [-0.2, -0.15) is 0 Å². The average Bonchev–Trinajstić information content (AvgIpc) is 0.722. The Hall–Kier alpha value is 0.816. The maximum absolute atomic E-state index is 8.85. The molecule has 0 saturated heterocycles. The van der Waals surface area contributed by atoms with Crippen molar-refractivity contribution in [3.63, 3.8) is 0 Å². The minimum atomic E-state index is -5.52. The van der Waals surface area contributed by atoms with Gasteiger partial charge in [-0.15, -0.1) is 0 Å². The minimum absolute atomic E-state index is 0. The first-order valence-corrected chi connectivity index (χ1v) is 4.69. The van der Waals surface area contributed by atoms with Crippen molar-refractivity contribution in [2.75, 3.05) is 0 Å². The van der Waals surface area contributed by atoms with Gasteiger partial charge in [0, 0.05) is 16.8 Å². The SMILES string of the molecule is O=[Te](=O)(O)O.[Co]. The molecular weight excluding hydrogens is 251 g/mol. The summed E-state index contributed by atoms with van der Waals surface area (Å²) < 4.78 is 32.0. The van der Waals surface area contributed by atoms with Crippen molar-refractivity contribution >= 4 is 19.0 Å². The van der Waals surface area contributed by atoms with Crippen molar-refractivity contribution < 1.29 is 29.9 Å². The van der Waals surface area contributed by atoms with Crippen LogP contribution >= 0.6 is 0 Å². The van der Waals surface area contributed by atoms with E-state index >= 15 is 0 Å². The molecule has 2 N–H and O–H groups in total. The quantitative estimate of drug-likeness (QED) is 0.502. The van der Waals surface area contributed by atoms with Crippen molar-refractivity contribution in [2.24, 2.45) is 0 Å². The van der Waals surface area contributed by atoms with Gasteiger partial charge < -0.3 is 0 Å². The molecule has 0 saturated carbocycles. The fourth-order valence-corrected chi connectivity index (χ4v) is 0. The topological polar surface area (TPSA) is 74.6 Å². The third kappa shape index (κ3) is 105. The Morgan fingerprint density at radius 3 is 1.17 bits per heavy atom. The molecule has 6 heavy (non-hydrogen) atoms. The molecule has 0 unspecified atom stereocenters.